The van der Waals surface area contributed by atoms with Crippen molar-refractivity contribution in [2.45, 2.75) is 19.6 Å². The minimum atomic E-state index is -0.692. The highest BCUT2D eigenvalue weighted by molar-refractivity contribution is 5.80. The fourth-order valence-corrected chi connectivity index (χ4v) is 1.11. The van der Waals surface area contributed by atoms with Gasteiger partial charge < -0.3 is 9.84 Å². The van der Waals surface area contributed by atoms with Crippen LogP contribution in [0.4, 0.5) is 0 Å². The zero-order valence-corrected chi connectivity index (χ0v) is 8.43. The molecule has 0 bridgehead atoms. The van der Waals surface area contributed by atoms with Crippen molar-refractivity contribution in [3.63, 3.8) is 0 Å². The van der Waals surface area contributed by atoms with Gasteiger partial charge >= 0.3 is 0 Å². The molecule has 0 fully saturated rings. The van der Waals surface area contributed by atoms with Crippen molar-refractivity contribution in [2.75, 3.05) is 0 Å². The van der Waals surface area contributed by atoms with Crippen LogP contribution >= 0.6 is 0 Å². The number of carbonyl (C=O) groups excluding carboxylic acids is 1. The van der Waals surface area contributed by atoms with Gasteiger partial charge in [-0.25, -0.2) is 5.84 Å². The summed E-state index contributed by atoms with van der Waals surface area (Å²) >= 11 is 0. The van der Waals surface area contributed by atoms with E-state index in [1.54, 1.807) is 31.2 Å². The van der Waals surface area contributed by atoms with E-state index in [-0.39, 0.29) is 6.61 Å². The van der Waals surface area contributed by atoms with Crippen molar-refractivity contribution in [3.05, 3.63) is 29.8 Å². The summed E-state index contributed by atoms with van der Waals surface area (Å²) in [6.45, 7) is 1.45. The first-order valence-electron chi connectivity index (χ1n) is 4.55. The third kappa shape index (κ3) is 2.93. The fourth-order valence-electron chi connectivity index (χ4n) is 1.11. The molecule has 5 nitrogen and oxygen atoms in total. The number of amides is 1. The second-order valence-electron chi connectivity index (χ2n) is 3.03. The highest BCUT2D eigenvalue weighted by Crippen LogP contribution is 2.18. The zero-order valence-electron chi connectivity index (χ0n) is 8.43. The van der Waals surface area contributed by atoms with Crippen LogP contribution in [0.25, 0.3) is 0 Å². The molecule has 0 aliphatic rings. The summed E-state index contributed by atoms with van der Waals surface area (Å²) in [5, 5.41) is 9.02. The number of nitrogens with one attached hydrogen (secondary N) is 1. The molecule has 1 unspecified atom stereocenters. The smallest absolute Gasteiger partial charge is 0.274 e. The van der Waals surface area contributed by atoms with Gasteiger partial charge in [0, 0.05) is 5.56 Å². The molecule has 0 radical (unpaired) electrons. The molecule has 1 amide bonds. The van der Waals surface area contributed by atoms with Crippen LogP contribution < -0.4 is 16.0 Å². The van der Waals surface area contributed by atoms with E-state index in [2.05, 4.69) is 0 Å². The van der Waals surface area contributed by atoms with Crippen LogP contribution in [0.3, 0.4) is 0 Å². The second-order valence-corrected chi connectivity index (χ2v) is 3.03. The van der Waals surface area contributed by atoms with Gasteiger partial charge in [0.2, 0.25) is 0 Å². The number of ether oxygens (including phenoxy) is 1. The predicted octanol–water partition coefficient (Wildman–Crippen LogP) is -0.0639. The van der Waals surface area contributed by atoms with Gasteiger partial charge in [-0.2, -0.15) is 0 Å². The molecular formula is C10H14N2O3. The van der Waals surface area contributed by atoms with Gasteiger partial charge in [-0.3, -0.25) is 10.2 Å². The van der Waals surface area contributed by atoms with E-state index >= 15 is 0 Å². The van der Waals surface area contributed by atoms with Crippen molar-refractivity contribution in [2.24, 2.45) is 5.84 Å². The quantitative estimate of drug-likeness (QED) is 0.369. The minimum Gasteiger partial charge on any atom is -0.480 e. The van der Waals surface area contributed by atoms with Crippen molar-refractivity contribution < 1.29 is 14.6 Å². The number of hydrogen-bond acceptors (Lipinski definition) is 4. The highest BCUT2D eigenvalue weighted by Gasteiger charge is 2.14. The maximum atomic E-state index is 11.1. The molecule has 5 heteroatoms. The second kappa shape index (κ2) is 5.33. The Hall–Kier alpha value is -1.59. The average molecular weight is 210 g/mol. The summed E-state index contributed by atoms with van der Waals surface area (Å²) in [7, 11) is 0. The molecule has 0 aromatic heterocycles. The Bertz CT molecular complexity index is 341. The van der Waals surface area contributed by atoms with Gasteiger partial charge in [0.25, 0.3) is 5.91 Å². The Labute approximate surface area is 87.8 Å². The van der Waals surface area contributed by atoms with Crippen molar-refractivity contribution in [1.29, 1.82) is 0 Å². The highest BCUT2D eigenvalue weighted by atomic mass is 16.5. The number of aliphatic hydroxyl groups excluding tert-OH is 1. The molecule has 15 heavy (non-hydrogen) atoms. The molecule has 0 aliphatic carbocycles. The van der Waals surface area contributed by atoms with Gasteiger partial charge in [-0.1, -0.05) is 18.2 Å². The SMILES string of the molecule is CC(Oc1ccccc1CO)C(=O)NN. The number of hydrogen-bond donors (Lipinski definition) is 3. The molecular weight excluding hydrogens is 196 g/mol. The Morgan fingerprint density at radius 2 is 2.27 bits per heavy atom. The topological polar surface area (TPSA) is 84.6 Å². The lowest BCUT2D eigenvalue weighted by Gasteiger charge is -2.15. The van der Waals surface area contributed by atoms with Gasteiger partial charge in [0.15, 0.2) is 6.10 Å². The van der Waals surface area contributed by atoms with Crippen LogP contribution in [0.2, 0.25) is 0 Å². The maximum Gasteiger partial charge on any atom is 0.274 e. The number of benzene rings is 1. The zero-order chi connectivity index (χ0) is 11.3. The minimum absolute atomic E-state index is 0.132. The third-order valence-electron chi connectivity index (χ3n) is 1.96. The molecule has 0 saturated carbocycles. The molecule has 1 aromatic rings. The Morgan fingerprint density at radius 3 is 2.87 bits per heavy atom. The van der Waals surface area contributed by atoms with E-state index in [1.807, 2.05) is 5.43 Å². The van der Waals surface area contributed by atoms with Crippen LogP contribution in [0.15, 0.2) is 24.3 Å². The van der Waals surface area contributed by atoms with E-state index in [0.29, 0.717) is 11.3 Å². The molecule has 0 saturated heterocycles. The lowest BCUT2D eigenvalue weighted by Crippen LogP contribution is -2.40. The molecule has 1 rings (SSSR count). The number of carbonyl (C=O) groups is 1. The first kappa shape index (κ1) is 11.5. The normalized spacial score (nSPS) is 11.9. The van der Waals surface area contributed by atoms with Crippen LogP contribution in [0.1, 0.15) is 12.5 Å². The third-order valence-corrected chi connectivity index (χ3v) is 1.96. The molecule has 4 N–H and O–H groups in total. The summed E-state index contributed by atoms with van der Waals surface area (Å²) in [6, 6.07) is 6.96. The van der Waals surface area contributed by atoms with Crippen molar-refractivity contribution in [1.82, 2.24) is 5.43 Å². The van der Waals surface area contributed by atoms with E-state index < -0.39 is 12.0 Å². The summed E-state index contributed by atoms with van der Waals surface area (Å²) in [6.07, 6.45) is -0.692. The lowest BCUT2D eigenvalue weighted by molar-refractivity contribution is -0.127. The lowest BCUT2D eigenvalue weighted by atomic mass is 10.2. The Kier molecular flexibility index (Phi) is 4.08. The van der Waals surface area contributed by atoms with Crippen molar-refractivity contribution in [3.8, 4) is 5.75 Å². The molecule has 1 aromatic carbocycles. The maximum absolute atomic E-state index is 11.1. The number of aliphatic hydroxyl groups is 1. The number of para-hydroxylation sites is 1. The number of nitrogens with two attached hydrogens (primary N) is 1. The van der Waals surface area contributed by atoms with E-state index in [0.717, 1.165) is 0 Å². The largest absolute Gasteiger partial charge is 0.480 e. The van der Waals surface area contributed by atoms with Crippen LogP contribution in [0, 0.1) is 0 Å². The number of rotatable bonds is 4. The summed E-state index contributed by atoms with van der Waals surface area (Å²) in [4.78, 5) is 11.1. The number of hydrazine groups is 1. The standard InChI is InChI=1S/C10H14N2O3/c1-7(10(14)12-11)15-9-5-3-2-4-8(9)6-13/h2-5,7,13H,6,11H2,1H3,(H,12,14). The summed E-state index contributed by atoms with van der Waals surface area (Å²) in [5.41, 5.74) is 2.63. The summed E-state index contributed by atoms with van der Waals surface area (Å²) < 4.78 is 5.34. The molecule has 1 atom stereocenters. The first-order chi connectivity index (χ1) is 7.19. The van der Waals surface area contributed by atoms with Crippen LogP contribution in [-0.2, 0) is 11.4 Å². The first-order valence-corrected chi connectivity index (χ1v) is 4.55. The Balaban J connectivity index is 2.75. The van der Waals surface area contributed by atoms with Crippen molar-refractivity contribution >= 4 is 5.91 Å². The van der Waals surface area contributed by atoms with Gasteiger partial charge in [-0.05, 0) is 13.0 Å². The van der Waals surface area contributed by atoms with Crippen LogP contribution in [0.5, 0.6) is 5.75 Å². The van der Waals surface area contributed by atoms with Crippen LogP contribution in [-0.4, -0.2) is 17.1 Å². The van der Waals surface area contributed by atoms with Gasteiger partial charge in [-0.15, -0.1) is 0 Å². The van der Waals surface area contributed by atoms with E-state index in [4.69, 9.17) is 15.7 Å². The van der Waals surface area contributed by atoms with E-state index in [9.17, 15) is 4.79 Å². The molecule has 0 heterocycles. The molecule has 82 valence electrons. The van der Waals surface area contributed by atoms with Gasteiger partial charge in [0.05, 0.1) is 6.61 Å². The molecule has 0 aliphatic heterocycles. The molecule has 0 spiro atoms. The summed E-state index contributed by atoms with van der Waals surface area (Å²) in [5.74, 6) is 5.04. The van der Waals surface area contributed by atoms with Gasteiger partial charge in [0.1, 0.15) is 5.75 Å². The Morgan fingerprint density at radius 1 is 1.60 bits per heavy atom. The average Bonchev–Trinajstić information content (AvgIpc) is 2.28. The monoisotopic (exact) mass is 210 g/mol. The van der Waals surface area contributed by atoms with E-state index in [1.165, 1.54) is 0 Å². The predicted molar refractivity (Wildman–Crippen MR) is 54.8 cm³/mol. The fraction of sp³-hybridized carbons (Fsp3) is 0.300.